The fourth-order valence-corrected chi connectivity index (χ4v) is 0.892. The van der Waals surface area contributed by atoms with Gasteiger partial charge in [0.1, 0.15) is 0 Å². The van der Waals surface area contributed by atoms with E-state index in [1.807, 2.05) is 0 Å². The number of carboxylic acids is 1. The van der Waals surface area contributed by atoms with Gasteiger partial charge in [-0.2, -0.15) is 0 Å². The molecular formula is C5H9N2O2Zn-. The van der Waals surface area contributed by atoms with E-state index in [2.05, 4.69) is 5.32 Å². The molecule has 0 bridgehead atoms. The first-order valence-corrected chi connectivity index (χ1v) is 2.71. The second-order valence-corrected chi connectivity index (χ2v) is 2.05. The third-order valence-corrected chi connectivity index (χ3v) is 1.50. The Balaban J connectivity index is 0.000000810. The first kappa shape index (κ1) is 10.0. The van der Waals surface area contributed by atoms with Gasteiger partial charge in [-0.1, -0.05) is 5.92 Å². The standard InChI is InChI=1S/C5H9N2O2.Zn/c1-7-4-2(3(4)6)5(8)9;/h2-3,7H,6H2,1H3,(H,8,9);/q-1;/t2?,3-;/m1./s1. The minimum atomic E-state index is -0.841. The molecule has 4 N–H and O–H groups in total. The summed E-state index contributed by atoms with van der Waals surface area (Å²) in [4.78, 5) is 10.2. The second-order valence-electron chi connectivity index (χ2n) is 2.05. The summed E-state index contributed by atoms with van der Waals surface area (Å²) >= 11 is 0. The minimum absolute atomic E-state index is 0. The average Bonchev–Trinajstić information content (AvgIpc) is 2.40. The number of carbonyl (C=O) groups is 1. The van der Waals surface area contributed by atoms with Gasteiger partial charge in [-0.25, -0.2) is 6.04 Å². The van der Waals surface area contributed by atoms with Crippen molar-refractivity contribution in [3.8, 4) is 0 Å². The van der Waals surface area contributed by atoms with Gasteiger partial charge in [0, 0.05) is 19.5 Å². The van der Waals surface area contributed by atoms with Gasteiger partial charge in [-0.05, 0) is 7.05 Å². The smallest absolute Gasteiger partial charge is 0.276 e. The van der Waals surface area contributed by atoms with Crippen molar-refractivity contribution < 1.29 is 29.4 Å². The number of hydrogen-bond donors (Lipinski definition) is 3. The van der Waals surface area contributed by atoms with Crippen LogP contribution in [0.3, 0.4) is 0 Å². The third-order valence-electron chi connectivity index (χ3n) is 1.50. The normalized spacial score (nSPS) is 31.0. The van der Waals surface area contributed by atoms with Crippen molar-refractivity contribution in [2.75, 3.05) is 7.05 Å². The van der Waals surface area contributed by atoms with Crippen LogP contribution in [0.15, 0.2) is 0 Å². The van der Waals surface area contributed by atoms with Crippen molar-refractivity contribution in [1.82, 2.24) is 5.32 Å². The third kappa shape index (κ3) is 1.54. The first-order valence-electron chi connectivity index (χ1n) is 2.71. The zero-order chi connectivity index (χ0) is 7.02. The number of nitrogens with one attached hydrogen (secondary N) is 1. The quantitative estimate of drug-likeness (QED) is 0.380. The predicted octanol–water partition coefficient (Wildman–Crippen LogP) is -1.22. The summed E-state index contributed by atoms with van der Waals surface area (Å²) in [5.41, 5.74) is 5.34. The maximum atomic E-state index is 10.2. The fourth-order valence-electron chi connectivity index (χ4n) is 0.892. The van der Waals surface area contributed by atoms with Gasteiger partial charge < -0.3 is 16.2 Å². The van der Waals surface area contributed by atoms with Crippen LogP contribution >= 0.6 is 0 Å². The van der Waals surface area contributed by atoms with E-state index in [-0.39, 0.29) is 25.5 Å². The molecule has 1 fully saturated rings. The van der Waals surface area contributed by atoms with E-state index < -0.39 is 11.9 Å². The van der Waals surface area contributed by atoms with Gasteiger partial charge in [0.15, 0.2) is 0 Å². The van der Waals surface area contributed by atoms with Gasteiger partial charge in [0.2, 0.25) is 0 Å². The molecule has 0 saturated heterocycles. The van der Waals surface area contributed by atoms with Crippen LogP contribution in [0.1, 0.15) is 0 Å². The number of likely N-dealkylation sites (N-methyl/N-ethyl adjacent to an activating group) is 1. The molecule has 0 aromatic carbocycles. The second kappa shape index (κ2) is 3.42. The van der Waals surface area contributed by atoms with Crippen molar-refractivity contribution >= 4 is 5.97 Å². The van der Waals surface area contributed by atoms with Crippen molar-refractivity contribution in [2.45, 2.75) is 6.04 Å². The van der Waals surface area contributed by atoms with Crippen LogP contribution in [0.5, 0.6) is 0 Å². The Morgan fingerprint density at radius 2 is 2.30 bits per heavy atom. The Labute approximate surface area is 71.9 Å². The van der Waals surface area contributed by atoms with Gasteiger partial charge >= 0.3 is 0 Å². The predicted molar refractivity (Wildman–Crippen MR) is 31.4 cm³/mol. The Kier molecular flexibility index (Phi) is 3.42. The van der Waals surface area contributed by atoms with Crippen LogP contribution < -0.4 is 11.1 Å². The van der Waals surface area contributed by atoms with Crippen LogP contribution in [0.4, 0.5) is 0 Å². The van der Waals surface area contributed by atoms with E-state index in [0.717, 1.165) is 6.04 Å². The molecule has 4 nitrogen and oxygen atoms in total. The molecule has 5 heteroatoms. The molecule has 0 amide bonds. The number of aliphatic carboxylic acids is 1. The molecule has 2 atom stereocenters. The van der Waals surface area contributed by atoms with Crippen LogP contribution in [-0.2, 0) is 24.3 Å². The Bertz CT molecular complexity index is 142. The van der Waals surface area contributed by atoms with Crippen molar-refractivity contribution in [1.29, 1.82) is 0 Å². The molecule has 54 valence electrons. The molecular weight excluding hydrogens is 185 g/mol. The molecule has 0 spiro atoms. The molecule has 0 aromatic rings. The van der Waals surface area contributed by atoms with Crippen molar-refractivity contribution in [3.05, 3.63) is 6.04 Å². The molecule has 1 aliphatic rings. The SMILES string of the molecule is CN[C-]1C(C(=O)O)[C@H]1N.[Zn]. The Morgan fingerprint density at radius 3 is 2.40 bits per heavy atom. The molecule has 1 aliphatic carbocycles. The van der Waals surface area contributed by atoms with Gasteiger partial charge in [-0.15, -0.1) is 6.04 Å². The first-order chi connectivity index (χ1) is 4.18. The van der Waals surface area contributed by atoms with Crippen molar-refractivity contribution in [3.63, 3.8) is 0 Å². The molecule has 0 radical (unpaired) electrons. The molecule has 0 heterocycles. The molecule has 10 heavy (non-hydrogen) atoms. The molecule has 1 saturated carbocycles. The number of hydrogen-bond acceptors (Lipinski definition) is 3. The molecule has 1 unspecified atom stereocenters. The summed E-state index contributed by atoms with van der Waals surface area (Å²) in [6.45, 7) is 0. The van der Waals surface area contributed by atoms with Gasteiger partial charge in [-0.3, -0.25) is 4.79 Å². The Morgan fingerprint density at radius 1 is 1.80 bits per heavy atom. The summed E-state index contributed by atoms with van der Waals surface area (Å²) in [6, 6.07) is 0.454. The largest absolute Gasteiger partial charge is 0.483 e. The zero-order valence-corrected chi connectivity index (χ0v) is 8.76. The fraction of sp³-hybridized carbons (Fsp3) is 0.600. The maximum absolute atomic E-state index is 10.2. The van der Waals surface area contributed by atoms with Gasteiger partial charge in [0.25, 0.3) is 5.97 Å². The summed E-state index contributed by atoms with van der Waals surface area (Å²) < 4.78 is 0. The van der Waals surface area contributed by atoms with E-state index in [9.17, 15) is 4.79 Å². The van der Waals surface area contributed by atoms with E-state index in [0.29, 0.717) is 0 Å². The minimum Gasteiger partial charge on any atom is -0.483 e. The summed E-state index contributed by atoms with van der Waals surface area (Å²) in [5.74, 6) is -1.29. The van der Waals surface area contributed by atoms with Crippen molar-refractivity contribution in [2.24, 2.45) is 11.7 Å². The summed E-state index contributed by atoms with van der Waals surface area (Å²) in [6.07, 6.45) is 0. The maximum Gasteiger partial charge on any atom is 0.276 e. The van der Waals surface area contributed by atoms with Gasteiger partial charge in [0.05, 0.1) is 0 Å². The van der Waals surface area contributed by atoms with E-state index in [1.54, 1.807) is 7.05 Å². The van der Waals surface area contributed by atoms with Crippen LogP contribution in [-0.4, -0.2) is 24.2 Å². The topological polar surface area (TPSA) is 75.3 Å². The monoisotopic (exact) mass is 193 g/mol. The molecule has 0 aromatic heterocycles. The van der Waals surface area contributed by atoms with Crippen LogP contribution in [0, 0.1) is 12.0 Å². The van der Waals surface area contributed by atoms with Crippen LogP contribution in [0.25, 0.3) is 0 Å². The number of nitrogens with two attached hydrogens (primary N) is 1. The van der Waals surface area contributed by atoms with Crippen LogP contribution in [0.2, 0.25) is 0 Å². The zero-order valence-electron chi connectivity index (χ0n) is 5.79. The number of carboxylic acid groups (broad SMARTS) is 1. The summed E-state index contributed by atoms with van der Waals surface area (Å²) in [7, 11) is 1.68. The summed E-state index contributed by atoms with van der Waals surface area (Å²) in [5, 5.41) is 11.1. The average molecular weight is 195 g/mol. The molecule has 1 rings (SSSR count). The van der Waals surface area contributed by atoms with E-state index in [4.69, 9.17) is 10.8 Å². The Hall–Kier alpha value is 0.0134. The van der Waals surface area contributed by atoms with E-state index in [1.165, 1.54) is 0 Å². The molecule has 0 aliphatic heterocycles. The number of rotatable bonds is 2. The van der Waals surface area contributed by atoms with E-state index >= 15 is 0 Å².